The van der Waals surface area contributed by atoms with Gasteiger partial charge in [-0.3, -0.25) is 20.0 Å². The number of rotatable bonds is 3. The maximum absolute atomic E-state index is 10.9. The van der Waals surface area contributed by atoms with Crippen LogP contribution in [0, 0.1) is 10.1 Å². The van der Waals surface area contributed by atoms with E-state index in [1.807, 2.05) is 18.2 Å². The number of aliphatic imine (C=N–C) groups is 1. The predicted molar refractivity (Wildman–Crippen MR) is 95.6 cm³/mol. The standard InChI is InChI=1S/C20H19N3O2/c24-23(25)16-10-8-15(9-11-16)18-19-17(14-6-2-1-3-7-14)21-20(22(18)19)12-4-5-13-20/h1-3,6-11,18-19H,4-5,12-13H2/t18-,19-,22?/m1/s1. The molecule has 3 aliphatic rings. The van der Waals surface area contributed by atoms with Crippen molar-refractivity contribution < 1.29 is 4.92 Å². The van der Waals surface area contributed by atoms with Gasteiger partial charge in [-0.1, -0.05) is 42.5 Å². The number of nitrogens with zero attached hydrogens (tertiary/aromatic N) is 3. The van der Waals surface area contributed by atoms with Crippen LogP contribution in [0.1, 0.15) is 42.9 Å². The van der Waals surface area contributed by atoms with Crippen LogP contribution in [0.4, 0.5) is 5.69 Å². The Balaban J connectivity index is 1.52. The van der Waals surface area contributed by atoms with Gasteiger partial charge in [0.25, 0.3) is 5.69 Å². The Hall–Kier alpha value is -2.53. The lowest BCUT2D eigenvalue weighted by Crippen LogP contribution is -2.30. The van der Waals surface area contributed by atoms with Crippen LogP contribution < -0.4 is 0 Å². The molecule has 3 atom stereocenters. The van der Waals surface area contributed by atoms with Crippen LogP contribution in [-0.4, -0.2) is 27.2 Å². The Bertz CT molecular complexity index is 854. The molecule has 0 bridgehead atoms. The number of benzene rings is 2. The zero-order valence-electron chi connectivity index (χ0n) is 13.8. The molecule has 2 aromatic carbocycles. The summed E-state index contributed by atoms with van der Waals surface area (Å²) < 4.78 is 0. The maximum atomic E-state index is 10.9. The highest BCUT2D eigenvalue weighted by Crippen LogP contribution is 2.59. The third-order valence-electron chi connectivity index (χ3n) is 5.82. The van der Waals surface area contributed by atoms with Gasteiger partial charge in [0.15, 0.2) is 0 Å². The normalized spacial score (nSPS) is 28.6. The van der Waals surface area contributed by atoms with Crippen molar-refractivity contribution in [3.05, 3.63) is 75.8 Å². The van der Waals surface area contributed by atoms with E-state index >= 15 is 0 Å². The number of non-ortho nitro benzene ring substituents is 1. The second-order valence-corrected chi connectivity index (χ2v) is 7.20. The Morgan fingerprint density at radius 1 is 1.00 bits per heavy atom. The van der Waals surface area contributed by atoms with Crippen molar-refractivity contribution in [3.63, 3.8) is 0 Å². The van der Waals surface area contributed by atoms with Gasteiger partial charge < -0.3 is 0 Å². The van der Waals surface area contributed by atoms with Crippen molar-refractivity contribution in [2.24, 2.45) is 4.99 Å². The first kappa shape index (κ1) is 14.8. The number of fused-ring (bicyclic) bond motifs is 2. The molecule has 0 amide bonds. The molecule has 2 aliphatic heterocycles. The summed E-state index contributed by atoms with van der Waals surface area (Å²) in [6.45, 7) is 0. The maximum Gasteiger partial charge on any atom is 0.269 e. The Morgan fingerprint density at radius 3 is 2.32 bits per heavy atom. The first-order valence-corrected chi connectivity index (χ1v) is 8.88. The highest BCUT2D eigenvalue weighted by Gasteiger charge is 2.65. The highest BCUT2D eigenvalue weighted by molar-refractivity contribution is 6.08. The zero-order chi connectivity index (χ0) is 17.0. The summed E-state index contributed by atoms with van der Waals surface area (Å²) in [6, 6.07) is 18.1. The summed E-state index contributed by atoms with van der Waals surface area (Å²) in [6.07, 6.45) is 4.68. The quantitative estimate of drug-likeness (QED) is 0.483. The molecule has 5 rings (SSSR count). The van der Waals surface area contributed by atoms with Gasteiger partial charge in [0, 0.05) is 12.1 Å². The monoisotopic (exact) mass is 333 g/mol. The van der Waals surface area contributed by atoms with Crippen molar-refractivity contribution in [3.8, 4) is 0 Å². The van der Waals surface area contributed by atoms with Crippen LogP contribution in [0.15, 0.2) is 59.6 Å². The van der Waals surface area contributed by atoms with Gasteiger partial charge in [0.1, 0.15) is 5.66 Å². The lowest BCUT2D eigenvalue weighted by atomic mass is 10.0. The molecule has 5 heteroatoms. The number of nitro benzene ring substituents is 1. The van der Waals surface area contributed by atoms with E-state index in [9.17, 15) is 10.1 Å². The van der Waals surface area contributed by atoms with Crippen LogP contribution in [-0.2, 0) is 0 Å². The summed E-state index contributed by atoms with van der Waals surface area (Å²) in [5.74, 6) is 0. The summed E-state index contributed by atoms with van der Waals surface area (Å²) in [5, 5.41) is 10.9. The topological polar surface area (TPSA) is 58.5 Å². The molecule has 0 aromatic heterocycles. The van der Waals surface area contributed by atoms with E-state index < -0.39 is 0 Å². The molecule has 0 N–H and O–H groups in total. The van der Waals surface area contributed by atoms with Crippen LogP contribution in [0.25, 0.3) is 0 Å². The van der Waals surface area contributed by atoms with Crippen molar-refractivity contribution in [2.75, 3.05) is 0 Å². The fraction of sp³-hybridized carbons (Fsp3) is 0.350. The molecule has 2 fully saturated rings. The third-order valence-corrected chi connectivity index (χ3v) is 5.82. The van der Waals surface area contributed by atoms with Gasteiger partial charge in [0.2, 0.25) is 0 Å². The fourth-order valence-corrected chi connectivity index (χ4v) is 4.67. The van der Waals surface area contributed by atoms with E-state index in [1.165, 1.54) is 24.1 Å². The Morgan fingerprint density at radius 2 is 1.68 bits per heavy atom. The minimum absolute atomic E-state index is 0.0533. The third kappa shape index (κ3) is 2.15. The minimum atomic E-state index is -0.340. The van der Waals surface area contributed by atoms with Crippen molar-refractivity contribution in [2.45, 2.75) is 43.4 Å². The van der Waals surface area contributed by atoms with Crippen LogP contribution in [0.2, 0.25) is 0 Å². The van der Waals surface area contributed by atoms with Gasteiger partial charge >= 0.3 is 0 Å². The molecular formula is C20H19N3O2. The van der Waals surface area contributed by atoms with E-state index in [4.69, 9.17) is 4.99 Å². The summed E-state index contributed by atoms with van der Waals surface area (Å²) in [5.41, 5.74) is 3.64. The summed E-state index contributed by atoms with van der Waals surface area (Å²) in [7, 11) is 0. The fourth-order valence-electron chi connectivity index (χ4n) is 4.67. The van der Waals surface area contributed by atoms with Gasteiger partial charge in [0.05, 0.1) is 22.7 Å². The van der Waals surface area contributed by atoms with E-state index in [2.05, 4.69) is 29.2 Å². The first-order valence-electron chi connectivity index (χ1n) is 8.88. The number of nitro groups is 1. The van der Waals surface area contributed by atoms with E-state index in [0.29, 0.717) is 12.1 Å². The number of hydrogen-bond donors (Lipinski definition) is 0. The zero-order valence-corrected chi connectivity index (χ0v) is 13.8. The van der Waals surface area contributed by atoms with Crippen LogP contribution >= 0.6 is 0 Å². The van der Waals surface area contributed by atoms with Gasteiger partial charge in [-0.15, -0.1) is 0 Å². The smallest absolute Gasteiger partial charge is 0.265 e. The first-order chi connectivity index (χ1) is 12.2. The van der Waals surface area contributed by atoms with Crippen molar-refractivity contribution >= 4 is 11.4 Å². The van der Waals surface area contributed by atoms with E-state index in [1.54, 1.807) is 12.1 Å². The molecule has 0 radical (unpaired) electrons. The van der Waals surface area contributed by atoms with Crippen LogP contribution in [0.5, 0.6) is 0 Å². The highest BCUT2D eigenvalue weighted by atomic mass is 16.6. The average Bonchev–Trinajstić information content (AvgIpc) is 3.07. The largest absolute Gasteiger partial charge is 0.269 e. The van der Waals surface area contributed by atoms with Gasteiger partial charge in [-0.2, -0.15) is 0 Å². The minimum Gasteiger partial charge on any atom is -0.265 e. The molecule has 2 aromatic rings. The average molecular weight is 333 g/mol. The Kier molecular flexibility index (Phi) is 3.09. The molecule has 25 heavy (non-hydrogen) atoms. The molecule has 2 heterocycles. The molecule has 1 saturated carbocycles. The SMILES string of the molecule is O=[N+]([O-])c1ccc([C@@H]2[C@H]3C(c4ccccc4)=NC4(CCCC4)N32)cc1. The number of hydrogen-bond acceptors (Lipinski definition) is 4. The lowest BCUT2D eigenvalue weighted by molar-refractivity contribution is -0.384. The second-order valence-electron chi connectivity index (χ2n) is 7.20. The summed E-state index contributed by atoms with van der Waals surface area (Å²) >= 11 is 0. The van der Waals surface area contributed by atoms with E-state index in [0.717, 1.165) is 18.4 Å². The molecule has 1 unspecified atom stereocenters. The van der Waals surface area contributed by atoms with Gasteiger partial charge in [-0.05, 0) is 36.8 Å². The predicted octanol–water partition coefficient (Wildman–Crippen LogP) is 4.09. The molecule has 1 spiro atoms. The summed E-state index contributed by atoms with van der Waals surface area (Å²) in [4.78, 5) is 18.3. The van der Waals surface area contributed by atoms with Crippen LogP contribution in [0.3, 0.4) is 0 Å². The molecule has 1 saturated heterocycles. The molecule has 1 aliphatic carbocycles. The molecule has 5 nitrogen and oxygen atoms in total. The Labute approximate surface area is 146 Å². The second kappa shape index (κ2) is 5.23. The van der Waals surface area contributed by atoms with Gasteiger partial charge in [-0.25, -0.2) is 0 Å². The molecule has 126 valence electrons. The van der Waals surface area contributed by atoms with Crippen molar-refractivity contribution in [1.82, 2.24) is 4.90 Å². The van der Waals surface area contributed by atoms with E-state index in [-0.39, 0.29) is 16.3 Å². The molecular weight excluding hydrogens is 314 g/mol. The lowest BCUT2D eigenvalue weighted by Gasteiger charge is -2.25. The van der Waals surface area contributed by atoms with Crippen molar-refractivity contribution in [1.29, 1.82) is 0 Å².